The lowest BCUT2D eigenvalue weighted by Gasteiger charge is -2.31. The fourth-order valence-electron chi connectivity index (χ4n) is 2.00. The summed E-state index contributed by atoms with van der Waals surface area (Å²) >= 11 is 6.09. The van der Waals surface area contributed by atoms with Crippen molar-refractivity contribution in [3.8, 4) is 0 Å². The topological polar surface area (TPSA) is 21.3 Å². The molecule has 1 aromatic carbocycles. The summed E-state index contributed by atoms with van der Waals surface area (Å²) in [6, 6.07) is 5.93. The Balaban J connectivity index is 2.46. The Bertz CT molecular complexity index is 340. The fraction of sp³-hybridized carbons (Fsp3) is 0.455. The van der Waals surface area contributed by atoms with Crippen molar-refractivity contribution < 1.29 is 4.74 Å². The van der Waals surface area contributed by atoms with Crippen molar-refractivity contribution in [2.75, 3.05) is 19.0 Å². The summed E-state index contributed by atoms with van der Waals surface area (Å²) in [6.07, 6.45) is 0.157. The minimum absolute atomic E-state index is 0.157. The molecule has 14 heavy (non-hydrogen) atoms. The lowest BCUT2D eigenvalue weighted by atomic mass is 9.92. The van der Waals surface area contributed by atoms with E-state index in [1.165, 1.54) is 5.56 Å². The molecule has 1 aliphatic heterocycles. The number of hydrogen-bond donors (Lipinski definition) is 1. The maximum atomic E-state index is 6.09. The first kappa shape index (κ1) is 9.81. The van der Waals surface area contributed by atoms with Crippen molar-refractivity contribution in [2.24, 2.45) is 5.92 Å². The number of nitrogens with one attached hydrogen (secondary N) is 1. The fourth-order valence-corrected chi connectivity index (χ4v) is 2.25. The standard InChI is InChI=1S/C11H14ClNO/c1-7-6-13-10-8(11(7)14-2)4-3-5-9(10)12/h3-5,7,11,13H,6H2,1-2H3. The van der Waals surface area contributed by atoms with E-state index in [1.54, 1.807) is 7.11 Å². The average Bonchev–Trinajstić information content (AvgIpc) is 2.18. The number of rotatable bonds is 1. The zero-order valence-corrected chi connectivity index (χ0v) is 9.14. The molecule has 2 rings (SSSR count). The van der Waals surface area contributed by atoms with Crippen LogP contribution in [0.2, 0.25) is 5.02 Å². The Kier molecular flexibility index (Phi) is 2.66. The van der Waals surface area contributed by atoms with Crippen LogP contribution in [-0.4, -0.2) is 13.7 Å². The highest BCUT2D eigenvalue weighted by atomic mass is 35.5. The van der Waals surface area contributed by atoms with Crippen LogP contribution < -0.4 is 5.32 Å². The van der Waals surface area contributed by atoms with E-state index in [0.29, 0.717) is 5.92 Å². The van der Waals surface area contributed by atoms with Crippen LogP contribution in [-0.2, 0) is 4.74 Å². The van der Waals surface area contributed by atoms with Gasteiger partial charge in [-0.2, -0.15) is 0 Å². The van der Waals surface area contributed by atoms with Crippen molar-refractivity contribution in [1.29, 1.82) is 0 Å². The summed E-state index contributed by atoms with van der Waals surface area (Å²) in [4.78, 5) is 0. The van der Waals surface area contributed by atoms with Crippen LogP contribution in [0.5, 0.6) is 0 Å². The summed E-state index contributed by atoms with van der Waals surface area (Å²) in [7, 11) is 1.75. The molecule has 3 heteroatoms. The van der Waals surface area contributed by atoms with Gasteiger partial charge < -0.3 is 10.1 Å². The van der Waals surface area contributed by atoms with E-state index in [-0.39, 0.29) is 6.10 Å². The molecule has 0 amide bonds. The van der Waals surface area contributed by atoms with E-state index in [2.05, 4.69) is 18.3 Å². The molecular formula is C11H14ClNO. The first-order valence-electron chi connectivity index (χ1n) is 4.79. The number of ether oxygens (including phenoxy) is 1. The van der Waals surface area contributed by atoms with Gasteiger partial charge in [0.25, 0.3) is 0 Å². The van der Waals surface area contributed by atoms with Crippen LogP contribution in [0.15, 0.2) is 18.2 Å². The van der Waals surface area contributed by atoms with Crippen LogP contribution >= 0.6 is 11.6 Å². The monoisotopic (exact) mass is 211 g/mol. The van der Waals surface area contributed by atoms with Gasteiger partial charge in [-0.15, -0.1) is 0 Å². The normalized spacial score (nSPS) is 25.4. The predicted molar refractivity (Wildman–Crippen MR) is 58.9 cm³/mol. The molecule has 0 bridgehead atoms. The predicted octanol–water partition coefficient (Wildman–Crippen LogP) is 3.09. The lowest BCUT2D eigenvalue weighted by Crippen LogP contribution is -2.26. The molecule has 1 aromatic rings. The highest BCUT2D eigenvalue weighted by molar-refractivity contribution is 6.33. The molecule has 0 spiro atoms. The van der Waals surface area contributed by atoms with Gasteiger partial charge in [0.15, 0.2) is 0 Å². The number of anilines is 1. The van der Waals surface area contributed by atoms with Crippen molar-refractivity contribution >= 4 is 17.3 Å². The third-order valence-electron chi connectivity index (χ3n) is 2.72. The smallest absolute Gasteiger partial charge is 0.0883 e. The van der Waals surface area contributed by atoms with Gasteiger partial charge in [-0.3, -0.25) is 0 Å². The number of hydrogen-bond acceptors (Lipinski definition) is 2. The molecule has 0 saturated carbocycles. The highest BCUT2D eigenvalue weighted by Gasteiger charge is 2.27. The van der Waals surface area contributed by atoms with Gasteiger partial charge in [0.1, 0.15) is 0 Å². The van der Waals surface area contributed by atoms with Crippen LogP contribution in [0, 0.1) is 5.92 Å². The Hall–Kier alpha value is -0.730. The van der Waals surface area contributed by atoms with E-state index in [0.717, 1.165) is 17.3 Å². The molecule has 0 saturated heterocycles. The molecule has 1 N–H and O–H groups in total. The zero-order valence-electron chi connectivity index (χ0n) is 8.38. The second kappa shape index (κ2) is 3.79. The van der Waals surface area contributed by atoms with E-state index >= 15 is 0 Å². The van der Waals surface area contributed by atoms with Gasteiger partial charge in [-0.05, 0) is 6.07 Å². The maximum absolute atomic E-state index is 6.09. The van der Waals surface area contributed by atoms with Crippen LogP contribution in [0.4, 0.5) is 5.69 Å². The van der Waals surface area contributed by atoms with Crippen molar-refractivity contribution in [3.05, 3.63) is 28.8 Å². The van der Waals surface area contributed by atoms with Gasteiger partial charge in [-0.1, -0.05) is 30.7 Å². The number of benzene rings is 1. The van der Waals surface area contributed by atoms with E-state index < -0.39 is 0 Å². The summed E-state index contributed by atoms with van der Waals surface area (Å²) in [6.45, 7) is 3.08. The summed E-state index contributed by atoms with van der Waals surface area (Å²) < 4.78 is 5.49. The Morgan fingerprint density at radius 2 is 2.29 bits per heavy atom. The maximum Gasteiger partial charge on any atom is 0.0883 e. The number of fused-ring (bicyclic) bond motifs is 1. The minimum atomic E-state index is 0.157. The number of para-hydroxylation sites is 1. The Morgan fingerprint density at radius 1 is 1.50 bits per heavy atom. The number of methoxy groups -OCH3 is 1. The van der Waals surface area contributed by atoms with Crippen molar-refractivity contribution in [2.45, 2.75) is 13.0 Å². The molecule has 2 nitrogen and oxygen atoms in total. The molecule has 0 radical (unpaired) electrons. The Labute approximate surface area is 89.2 Å². The molecule has 76 valence electrons. The number of halogens is 1. The first-order valence-corrected chi connectivity index (χ1v) is 5.17. The SMILES string of the molecule is COC1c2cccc(Cl)c2NCC1C. The van der Waals surface area contributed by atoms with Crippen LogP contribution in [0.1, 0.15) is 18.6 Å². The van der Waals surface area contributed by atoms with Gasteiger partial charge in [0, 0.05) is 25.1 Å². The molecule has 0 aromatic heterocycles. The third-order valence-corrected chi connectivity index (χ3v) is 3.04. The van der Waals surface area contributed by atoms with Crippen LogP contribution in [0.25, 0.3) is 0 Å². The van der Waals surface area contributed by atoms with Gasteiger partial charge in [0.2, 0.25) is 0 Å². The van der Waals surface area contributed by atoms with Gasteiger partial charge >= 0.3 is 0 Å². The van der Waals surface area contributed by atoms with E-state index in [1.807, 2.05) is 12.1 Å². The zero-order chi connectivity index (χ0) is 10.1. The Morgan fingerprint density at radius 3 is 3.00 bits per heavy atom. The lowest BCUT2D eigenvalue weighted by molar-refractivity contribution is 0.0596. The van der Waals surface area contributed by atoms with Gasteiger partial charge in [0.05, 0.1) is 16.8 Å². The second-order valence-electron chi connectivity index (χ2n) is 3.72. The van der Waals surface area contributed by atoms with Crippen molar-refractivity contribution in [1.82, 2.24) is 0 Å². The molecule has 0 fully saturated rings. The minimum Gasteiger partial charge on any atom is -0.383 e. The summed E-state index contributed by atoms with van der Waals surface area (Å²) in [5, 5.41) is 4.11. The summed E-state index contributed by atoms with van der Waals surface area (Å²) in [5.74, 6) is 0.478. The molecule has 2 atom stereocenters. The van der Waals surface area contributed by atoms with E-state index in [4.69, 9.17) is 16.3 Å². The molecular weight excluding hydrogens is 198 g/mol. The van der Waals surface area contributed by atoms with Crippen LogP contribution in [0.3, 0.4) is 0 Å². The highest BCUT2D eigenvalue weighted by Crippen LogP contribution is 2.39. The quantitative estimate of drug-likeness (QED) is 0.771. The second-order valence-corrected chi connectivity index (χ2v) is 4.13. The molecule has 0 aliphatic carbocycles. The molecule has 2 unspecified atom stereocenters. The molecule has 1 aliphatic rings. The first-order chi connectivity index (χ1) is 6.74. The van der Waals surface area contributed by atoms with Crippen molar-refractivity contribution in [3.63, 3.8) is 0 Å². The largest absolute Gasteiger partial charge is 0.383 e. The summed E-state index contributed by atoms with van der Waals surface area (Å²) in [5.41, 5.74) is 2.19. The molecule has 1 heterocycles. The third kappa shape index (κ3) is 1.49. The van der Waals surface area contributed by atoms with Gasteiger partial charge in [-0.25, -0.2) is 0 Å². The average molecular weight is 212 g/mol. The van der Waals surface area contributed by atoms with E-state index in [9.17, 15) is 0 Å².